The summed E-state index contributed by atoms with van der Waals surface area (Å²) in [5.74, 6) is -0.805. The maximum Gasteiger partial charge on any atom is 0.416 e. The Labute approximate surface area is 183 Å². The van der Waals surface area contributed by atoms with E-state index < -0.39 is 17.7 Å². The predicted octanol–water partition coefficient (Wildman–Crippen LogP) is 5.23. The molecule has 1 amide bonds. The number of nitrogens with zero attached hydrogens (tertiary/aromatic N) is 2. The molecule has 2 heterocycles. The molecule has 0 saturated carbocycles. The fraction of sp³-hybridized carbons (Fsp3) is 0.200. The molecule has 32 heavy (non-hydrogen) atoms. The van der Waals surface area contributed by atoms with Gasteiger partial charge in [-0.15, -0.1) is 0 Å². The number of rotatable bonds is 7. The second kappa shape index (κ2) is 9.26. The summed E-state index contributed by atoms with van der Waals surface area (Å²) in [5.41, 5.74) is 2.12. The van der Waals surface area contributed by atoms with E-state index in [0.717, 1.165) is 17.7 Å². The largest absolute Gasteiger partial charge is 0.416 e. The fourth-order valence-corrected chi connectivity index (χ4v) is 3.78. The van der Waals surface area contributed by atoms with Crippen LogP contribution in [0.5, 0.6) is 0 Å². The number of pyridine rings is 1. The molecule has 4 aromatic rings. The first-order chi connectivity index (χ1) is 15.4. The highest BCUT2D eigenvalue weighted by molar-refractivity contribution is 5.77. The predicted molar refractivity (Wildman–Crippen MR) is 116 cm³/mol. The quantitative estimate of drug-likeness (QED) is 0.430. The minimum Gasteiger partial charge on any atom is -0.356 e. The lowest BCUT2D eigenvalue weighted by atomic mass is 9.91. The zero-order valence-electron chi connectivity index (χ0n) is 17.2. The van der Waals surface area contributed by atoms with E-state index in [0.29, 0.717) is 29.9 Å². The first-order valence-electron chi connectivity index (χ1n) is 10.3. The number of halogens is 3. The summed E-state index contributed by atoms with van der Waals surface area (Å²) in [4.78, 5) is 17.1. The monoisotopic (exact) mass is 437 g/mol. The molecule has 2 aromatic heterocycles. The van der Waals surface area contributed by atoms with Crippen LogP contribution in [0.15, 0.2) is 85.2 Å². The number of carbonyl (C=O) groups is 1. The van der Waals surface area contributed by atoms with Crippen molar-refractivity contribution in [2.45, 2.75) is 24.9 Å². The third kappa shape index (κ3) is 4.99. The van der Waals surface area contributed by atoms with Crippen molar-refractivity contribution in [1.29, 1.82) is 0 Å². The molecule has 0 aliphatic heterocycles. The van der Waals surface area contributed by atoms with Gasteiger partial charge < -0.3 is 9.72 Å². The van der Waals surface area contributed by atoms with Crippen molar-refractivity contribution < 1.29 is 18.0 Å². The van der Waals surface area contributed by atoms with Crippen LogP contribution >= 0.6 is 0 Å². The number of carbonyl (C=O) groups excluding carboxylic acids is 1. The Balaban J connectivity index is 1.59. The van der Waals surface area contributed by atoms with E-state index in [9.17, 15) is 18.0 Å². The minimum atomic E-state index is -4.46. The van der Waals surface area contributed by atoms with Gasteiger partial charge in [-0.05, 0) is 35.7 Å². The number of benzene rings is 2. The number of nitrogens with one attached hydrogen (secondary N) is 1. The fourth-order valence-electron chi connectivity index (χ4n) is 3.78. The van der Waals surface area contributed by atoms with E-state index in [1.54, 1.807) is 18.5 Å². The molecular formula is C25H22F3N3O. The molecule has 0 spiro atoms. The summed E-state index contributed by atoms with van der Waals surface area (Å²) < 4.78 is 41.8. The molecule has 0 fully saturated rings. The average molecular weight is 437 g/mol. The zero-order valence-corrected chi connectivity index (χ0v) is 17.2. The number of aromatic nitrogens is 2. The van der Waals surface area contributed by atoms with Gasteiger partial charge in [-0.2, -0.15) is 13.2 Å². The van der Waals surface area contributed by atoms with Gasteiger partial charge in [0, 0.05) is 31.3 Å². The van der Waals surface area contributed by atoms with Crippen LogP contribution in [0.2, 0.25) is 0 Å². The smallest absolute Gasteiger partial charge is 0.356 e. The van der Waals surface area contributed by atoms with Crippen LogP contribution in [0, 0.1) is 0 Å². The maximum absolute atomic E-state index is 13.3. The molecule has 1 N–H and O–H groups in total. The van der Waals surface area contributed by atoms with Crippen LogP contribution < -0.4 is 5.32 Å². The first-order valence-corrected chi connectivity index (χ1v) is 10.3. The normalized spacial score (nSPS) is 12.6. The number of hydrogen-bond acceptors (Lipinski definition) is 2. The van der Waals surface area contributed by atoms with E-state index in [4.69, 9.17) is 0 Å². The summed E-state index contributed by atoms with van der Waals surface area (Å²) in [7, 11) is 0. The molecule has 1 unspecified atom stereocenters. The number of imidazole rings is 1. The highest BCUT2D eigenvalue weighted by atomic mass is 19.4. The van der Waals surface area contributed by atoms with Crippen molar-refractivity contribution in [3.63, 3.8) is 0 Å². The Morgan fingerprint density at radius 2 is 1.78 bits per heavy atom. The topological polar surface area (TPSA) is 46.4 Å². The second-order valence-corrected chi connectivity index (χ2v) is 7.58. The summed E-state index contributed by atoms with van der Waals surface area (Å²) in [5, 5.41) is 2.90. The zero-order chi connectivity index (χ0) is 22.6. The Morgan fingerprint density at radius 1 is 1.00 bits per heavy atom. The van der Waals surface area contributed by atoms with E-state index in [1.165, 1.54) is 6.07 Å². The van der Waals surface area contributed by atoms with Crippen molar-refractivity contribution in [2.24, 2.45) is 0 Å². The van der Waals surface area contributed by atoms with Crippen molar-refractivity contribution in [1.82, 2.24) is 14.7 Å². The van der Waals surface area contributed by atoms with E-state index >= 15 is 0 Å². The average Bonchev–Trinajstić information content (AvgIpc) is 3.22. The van der Waals surface area contributed by atoms with Gasteiger partial charge in [0.15, 0.2) is 0 Å². The summed E-state index contributed by atoms with van der Waals surface area (Å²) in [6.45, 7) is 0.450. The number of fused-ring (bicyclic) bond motifs is 1. The second-order valence-electron chi connectivity index (χ2n) is 7.58. The molecule has 0 radical (unpaired) electrons. The Morgan fingerprint density at radius 3 is 2.56 bits per heavy atom. The first kappa shape index (κ1) is 21.6. The number of amides is 1. The summed E-state index contributed by atoms with van der Waals surface area (Å²) in [6, 6.07) is 20.4. The SMILES string of the molecule is O=C(CC(c1cccc(C(F)(F)F)c1)c1cnc2ccccn12)NCCc1ccccc1. The van der Waals surface area contributed by atoms with Gasteiger partial charge in [0.25, 0.3) is 0 Å². The standard InChI is InChI=1S/C25H22F3N3O/c26-25(27,28)20-10-6-9-19(15-20)21(22-17-30-23-11-4-5-14-31(22)23)16-24(32)29-13-12-18-7-2-1-3-8-18/h1-11,14-15,17,21H,12-13,16H2,(H,29,32). The lowest BCUT2D eigenvalue weighted by Crippen LogP contribution is -2.27. The van der Waals surface area contributed by atoms with Crippen molar-refractivity contribution >= 4 is 11.6 Å². The third-order valence-corrected chi connectivity index (χ3v) is 5.39. The lowest BCUT2D eigenvalue weighted by Gasteiger charge is -2.19. The van der Waals surface area contributed by atoms with Gasteiger partial charge >= 0.3 is 6.18 Å². The third-order valence-electron chi connectivity index (χ3n) is 5.39. The molecule has 4 nitrogen and oxygen atoms in total. The molecule has 0 aliphatic carbocycles. The molecule has 0 bridgehead atoms. The van der Waals surface area contributed by atoms with Crippen LogP contribution in [-0.4, -0.2) is 21.8 Å². The Kier molecular flexibility index (Phi) is 6.25. The van der Waals surface area contributed by atoms with E-state index in [-0.39, 0.29) is 12.3 Å². The van der Waals surface area contributed by atoms with Gasteiger partial charge in [-0.25, -0.2) is 4.98 Å². The van der Waals surface area contributed by atoms with Crippen LogP contribution in [0.1, 0.15) is 34.7 Å². The van der Waals surface area contributed by atoms with Gasteiger partial charge in [0.1, 0.15) is 5.65 Å². The van der Waals surface area contributed by atoms with Crippen molar-refractivity contribution in [3.05, 3.63) is 108 Å². The number of alkyl halides is 3. The Hall–Kier alpha value is -3.61. The van der Waals surface area contributed by atoms with Crippen molar-refractivity contribution in [3.8, 4) is 0 Å². The molecule has 4 rings (SSSR count). The number of hydrogen-bond donors (Lipinski definition) is 1. The molecule has 0 aliphatic rings. The highest BCUT2D eigenvalue weighted by Gasteiger charge is 2.32. The molecular weight excluding hydrogens is 415 g/mol. The molecule has 0 saturated heterocycles. The highest BCUT2D eigenvalue weighted by Crippen LogP contribution is 2.34. The molecule has 2 aromatic carbocycles. The molecule has 1 atom stereocenters. The van der Waals surface area contributed by atoms with Crippen LogP contribution in [0.25, 0.3) is 5.65 Å². The van der Waals surface area contributed by atoms with Crippen LogP contribution in [-0.2, 0) is 17.4 Å². The van der Waals surface area contributed by atoms with Gasteiger partial charge in [-0.1, -0.05) is 54.6 Å². The Bertz CT molecular complexity index is 1200. The van der Waals surface area contributed by atoms with Gasteiger partial charge in [0.2, 0.25) is 5.91 Å². The summed E-state index contributed by atoms with van der Waals surface area (Å²) in [6.07, 6.45) is -0.351. The molecule has 7 heteroatoms. The minimum absolute atomic E-state index is 0.0127. The van der Waals surface area contributed by atoms with Gasteiger partial charge in [-0.3, -0.25) is 4.79 Å². The maximum atomic E-state index is 13.3. The van der Waals surface area contributed by atoms with Gasteiger partial charge in [0.05, 0.1) is 11.3 Å². The van der Waals surface area contributed by atoms with Crippen LogP contribution in [0.4, 0.5) is 13.2 Å². The van der Waals surface area contributed by atoms with E-state index in [1.807, 2.05) is 52.9 Å². The van der Waals surface area contributed by atoms with Crippen molar-refractivity contribution in [2.75, 3.05) is 6.54 Å². The molecule has 164 valence electrons. The van der Waals surface area contributed by atoms with Crippen LogP contribution in [0.3, 0.4) is 0 Å². The van der Waals surface area contributed by atoms with E-state index in [2.05, 4.69) is 10.3 Å². The summed E-state index contributed by atoms with van der Waals surface area (Å²) >= 11 is 0. The lowest BCUT2D eigenvalue weighted by molar-refractivity contribution is -0.137.